The van der Waals surface area contributed by atoms with Crippen molar-refractivity contribution in [2.45, 2.75) is 51.6 Å². The quantitative estimate of drug-likeness (QED) is 0.507. The number of amides is 2. The van der Waals surface area contributed by atoms with Gasteiger partial charge in [0.1, 0.15) is 0 Å². The molecule has 0 saturated heterocycles. The topological polar surface area (TPSA) is 58.2 Å². The number of carbonyl (C=O) groups excluding carboxylic acids is 2. The van der Waals surface area contributed by atoms with Gasteiger partial charge in [-0.3, -0.25) is 9.59 Å². The smallest absolute Gasteiger partial charge is 0.326 e. The minimum Gasteiger partial charge on any atom is -0.326 e. The highest BCUT2D eigenvalue weighted by Crippen LogP contribution is 2.29. The summed E-state index contributed by atoms with van der Waals surface area (Å²) in [6.07, 6.45) is -0.654. The van der Waals surface area contributed by atoms with E-state index in [-0.39, 0.29) is 18.2 Å². The molecule has 0 aliphatic rings. The molecule has 7 heteroatoms. The van der Waals surface area contributed by atoms with Crippen molar-refractivity contribution in [3.63, 3.8) is 0 Å². The molecule has 0 heterocycles. The lowest BCUT2D eigenvalue weighted by atomic mass is 10.1. The maximum absolute atomic E-state index is 12.5. The Morgan fingerprint density at radius 3 is 1.55 bits per heavy atom. The van der Waals surface area contributed by atoms with E-state index in [9.17, 15) is 22.8 Å². The first kappa shape index (κ1) is 22.5. The van der Waals surface area contributed by atoms with Crippen LogP contribution in [0.25, 0.3) is 0 Å². The number of rotatable bonds is 9. The lowest BCUT2D eigenvalue weighted by molar-refractivity contribution is -0.137. The predicted molar refractivity (Wildman–Crippen MR) is 108 cm³/mol. The van der Waals surface area contributed by atoms with Gasteiger partial charge in [0.15, 0.2) is 0 Å². The summed E-state index contributed by atoms with van der Waals surface area (Å²) in [7, 11) is 0. The second-order valence-corrected chi connectivity index (χ2v) is 6.95. The van der Waals surface area contributed by atoms with Crippen LogP contribution in [0.3, 0.4) is 0 Å². The summed E-state index contributed by atoms with van der Waals surface area (Å²) in [5.74, 6) is -0.268. The van der Waals surface area contributed by atoms with Crippen LogP contribution in [0.4, 0.5) is 24.5 Å². The standard InChI is InChI=1S/C22H25F3N2O2/c1-16-8-12-18(13-9-16)26-20(28)6-4-2-3-5-7-21(29)27-19-14-10-17(11-15-19)22(23,24)25/h8-15H,2-7H2,1H3,(H,26,28)(H,27,29). The summed E-state index contributed by atoms with van der Waals surface area (Å²) in [5, 5.41) is 5.44. The molecule has 156 valence electrons. The fraction of sp³-hybridized carbons (Fsp3) is 0.364. The van der Waals surface area contributed by atoms with Crippen molar-refractivity contribution in [1.82, 2.24) is 0 Å². The molecule has 2 amide bonds. The number of nitrogens with one attached hydrogen (secondary N) is 2. The molecule has 0 saturated carbocycles. The van der Waals surface area contributed by atoms with Crippen LogP contribution in [-0.4, -0.2) is 11.8 Å². The van der Waals surface area contributed by atoms with Gasteiger partial charge in [0, 0.05) is 24.2 Å². The van der Waals surface area contributed by atoms with Gasteiger partial charge in [0.05, 0.1) is 5.56 Å². The Morgan fingerprint density at radius 1 is 0.724 bits per heavy atom. The van der Waals surface area contributed by atoms with E-state index in [1.807, 2.05) is 31.2 Å². The zero-order valence-corrected chi connectivity index (χ0v) is 16.3. The maximum Gasteiger partial charge on any atom is 0.416 e. The number of aryl methyl sites for hydroxylation is 1. The van der Waals surface area contributed by atoms with E-state index < -0.39 is 11.7 Å². The van der Waals surface area contributed by atoms with E-state index in [1.54, 1.807) is 0 Å². The fourth-order valence-electron chi connectivity index (χ4n) is 2.75. The molecule has 29 heavy (non-hydrogen) atoms. The Hall–Kier alpha value is -2.83. The summed E-state index contributed by atoms with van der Waals surface area (Å²) in [4.78, 5) is 23.7. The van der Waals surface area contributed by atoms with Crippen LogP contribution < -0.4 is 10.6 Å². The molecule has 2 N–H and O–H groups in total. The van der Waals surface area contributed by atoms with Crippen LogP contribution in [-0.2, 0) is 15.8 Å². The number of hydrogen-bond donors (Lipinski definition) is 2. The van der Waals surface area contributed by atoms with E-state index >= 15 is 0 Å². The van der Waals surface area contributed by atoms with Gasteiger partial charge < -0.3 is 10.6 Å². The minimum atomic E-state index is -4.39. The average Bonchev–Trinajstić information content (AvgIpc) is 2.66. The van der Waals surface area contributed by atoms with Gasteiger partial charge >= 0.3 is 6.18 Å². The van der Waals surface area contributed by atoms with E-state index in [4.69, 9.17) is 0 Å². The van der Waals surface area contributed by atoms with Gasteiger partial charge in [-0.2, -0.15) is 13.2 Å². The summed E-state index contributed by atoms with van der Waals surface area (Å²) in [6, 6.07) is 12.0. The van der Waals surface area contributed by atoms with Crippen molar-refractivity contribution in [3.05, 3.63) is 59.7 Å². The number of carbonyl (C=O) groups is 2. The summed E-state index contributed by atoms with van der Waals surface area (Å²) >= 11 is 0. The van der Waals surface area contributed by atoms with Crippen molar-refractivity contribution in [1.29, 1.82) is 0 Å². The predicted octanol–water partition coefficient (Wildman–Crippen LogP) is 5.93. The normalized spacial score (nSPS) is 11.2. The largest absolute Gasteiger partial charge is 0.416 e. The lowest BCUT2D eigenvalue weighted by Gasteiger charge is -2.09. The monoisotopic (exact) mass is 406 g/mol. The Labute approximate surface area is 168 Å². The van der Waals surface area contributed by atoms with Crippen molar-refractivity contribution >= 4 is 23.2 Å². The second kappa shape index (κ2) is 10.6. The molecule has 2 aromatic carbocycles. The van der Waals surface area contributed by atoms with Gasteiger partial charge in [0.2, 0.25) is 11.8 Å². The molecule has 0 aliphatic carbocycles. The molecule has 0 spiro atoms. The van der Waals surface area contributed by atoms with Crippen molar-refractivity contribution in [2.24, 2.45) is 0 Å². The van der Waals surface area contributed by atoms with Crippen molar-refractivity contribution < 1.29 is 22.8 Å². The van der Waals surface area contributed by atoms with E-state index in [0.717, 1.165) is 42.6 Å². The second-order valence-electron chi connectivity index (χ2n) is 6.95. The molecule has 0 aliphatic heterocycles. The molecule has 0 atom stereocenters. The fourth-order valence-corrected chi connectivity index (χ4v) is 2.75. The van der Waals surface area contributed by atoms with Crippen LogP contribution >= 0.6 is 0 Å². The number of anilines is 2. The van der Waals surface area contributed by atoms with Crippen LogP contribution in [0.2, 0.25) is 0 Å². The molecule has 2 rings (SSSR count). The number of unbranched alkanes of at least 4 members (excludes halogenated alkanes) is 3. The van der Waals surface area contributed by atoms with E-state index in [1.165, 1.54) is 12.1 Å². The number of alkyl halides is 3. The Morgan fingerprint density at radius 2 is 1.14 bits per heavy atom. The zero-order valence-electron chi connectivity index (χ0n) is 16.3. The first-order valence-electron chi connectivity index (χ1n) is 9.58. The van der Waals surface area contributed by atoms with Crippen LogP contribution in [0.15, 0.2) is 48.5 Å². The Kier molecular flexibility index (Phi) is 8.24. The van der Waals surface area contributed by atoms with Gasteiger partial charge in [-0.1, -0.05) is 30.5 Å². The first-order valence-corrected chi connectivity index (χ1v) is 9.58. The number of benzene rings is 2. The Balaban J connectivity index is 1.57. The molecule has 0 aromatic heterocycles. The molecule has 0 bridgehead atoms. The molecule has 0 radical (unpaired) electrons. The molecular formula is C22H25F3N2O2. The molecule has 2 aromatic rings. The first-order chi connectivity index (χ1) is 13.7. The highest BCUT2D eigenvalue weighted by molar-refractivity contribution is 5.91. The molecule has 0 fully saturated rings. The van der Waals surface area contributed by atoms with Gasteiger partial charge in [-0.15, -0.1) is 0 Å². The molecule has 0 unspecified atom stereocenters. The van der Waals surface area contributed by atoms with E-state index in [2.05, 4.69) is 10.6 Å². The van der Waals surface area contributed by atoms with Crippen LogP contribution in [0, 0.1) is 6.92 Å². The third-order valence-corrected chi connectivity index (χ3v) is 4.39. The molecular weight excluding hydrogens is 381 g/mol. The van der Waals surface area contributed by atoms with Crippen LogP contribution in [0.5, 0.6) is 0 Å². The lowest BCUT2D eigenvalue weighted by Crippen LogP contribution is -2.12. The number of hydrogen-bond acceptors (Lipinski definition) is 2. The maximum atomic E-state index is 12.5. The number of halogens is 3. The Bertz CT molecular complexity index is 800. The van der Waals surface area contributed by atoms with Gasteiger partial charge in [-0.05, 0) is 56.2 Å². The van der Waals surface area contributed by atoms with Crippen molar-refractivity contribution in [3.8, 4) is 0 Å². The molecule has 4 nitrogen and oxygen atoms in total. The highest BCUT2D eigenvalue weighted by Gasteiger charge is 2.29. The van der Waals surface area contributed by atoms with Gasteiger partial charge in [0.25, 0.3) is 0 Å². The van der Waals surface area contributed by atoms with E-state index in [0.29, 0.717) is 18.5 Å². The SMILES string of the molecule is Cc1ccc(NC(=O)CCCCCCC(=O)Nc2ccc(C(F)(F)F)cc2)cc1. The third-order valence-electron chi connectivity index (χ3n) is 4.39. The summed E-state index contributed by atoms with van der Waals surface area (Å²) in [5.41, 5.74) is 1.50. The average molecular weight is 406 g/mol. The zero-order chi connectivity index (χ0) is 21.3. The third kappa shape index (κ3) is 8.37. The van der Waals surface area contributed by atoms with Crippen LogP contribution in [0.1, 0.15) is 49.7 Å². The summed E-state index contributed by atoms with van der Waals surface area (Å²) in [6.45, 7) is 1.98. The van der Waals surface area contributed by atoms with Crippen molar-refractivity contribution in [2.75, 3.05) is 10.6 Å². The summed E-state index contributed by atoms with van der Waals surface area (Å²) < 4.78 is 37.5. The minimum absolute atomic E-state index is 0.0334. The highest BCUT2D eigenvalue weighted by atomic mass is 19.4. The van der Waals surface area contributed by atoms with Gasteiger partial charge in [-0.25, -0.2) is 0 Å².